The lowest BCUT2D eigenvalue weighted by atomic mass is 9.47. The fourth-order valence-electron chi connectivity index (χ4n) is 8.49. The zero-order valence-corrected chi connectivity index (χ0v) is 21.1. The van der Waals surface area contributed by atoms with Gasteiger partial charge in [0.2, 0.25) is 0 Å². The van der Waals surface area contributed by atoms with Gasteiger partial charge in [0.05, 0.1) is 12.2 Å². The van der Waals surface area contributed by atoms with Gasteiger partial charge in [-0.1, -0.05) is 66.5 Å². The van der Waals surface area contributed by atoms with Crippen molar-refractivity contribution in [2.24, 2.45) is 46.3 Å². The van der Waals surface area contributed by atoms with Crippen molar-refractivity contribution in [1.29, 1.82) is 0 Å². The summed E-state index contributed by atoms with van der Waals surface area (Å²) in [6, 6.07) is 0. The molecule has 0 bridgehead atoms. The number of hydrogen-bond donors (Lipinski definition) is 2. The van der Waals surface area contributed by atoms with Crippen LogP contribution in [-0.2, 0) is 0 Å². The lowest BCUT2D eigenvalue weighted by Crippen LogP contribution is -2.52. The second-order valence-electron chi connectivity index (χ2n) is 12.8. The Balaban J connectivity index is 1.60. The predicted octanol–water partition coefficient (Wildman–Crippen LogP) is 6.92. The standard InChI is InChI=1S/C29H48O2/c1-17(2)18(3)8-9-19(4)21-10-11-22-27-23(12-14-28(21,22)6)29(7)15-13-25(30)20(5)24(29)16-26(27)31/h17-19,21,23-26,30-31H,5,8-16H2,1-4,6-7H3/t18-,19-,21-,23?,24?,25+,26-,28-,29-/m1/s1. The molecular formula is C29H48O2. The Morgan fingerprint density at radius 2 is 1.65 bits per heavy atom. The molecule has 176 valence electrons. The van der Waals surface area contributed by atoms with Gasteiger partial charge in [-0.3, -0.25) is 0 Å². The number of fused-ring (bicyclic) bond motifs is 4. The van der Waals surface area contributed by atoms with Gasteiger partial charge in [-0.25, -0.2) is 0 Å². The maximum Gasteiger partial charge on any atom is 0.0761 e. The van der Waals surface area contributed by atoms with Crippen LogP contribution in [0.3, 0.4) is 0 Å². The van der Waals surface area contributed by atoms with Crippen LogP contribution in [0.2, 0.25) is 0 Å². The molecule has 0 radical (unpaired) electrons. The molecule has 2 unspecified atom stereocenters. The van der Waals surface area contributed by atoms with E-state index in [-0.39, 0.29) is 29.0 Å². The molecule has 0 heterocycles. The highest BCUT2D eigenvalue weighted by atomic mass is 16.3. The third-order valence-corrected chi connectivity index (χ3v) is 11.0. The fraction of sp³-hybridized carbons (Fsp3) is 0.862. The molecule has 0 aromatic carbocycles. The summed E-state index contributed by atoms with van der Waals surface area (Å²) in [5.74, 6) is 3.83. The van der Waals surface area contributed by atoms with Crippen molar-refractivity contribution >= 4 is 0 Å². The van der Waals surface area contributed by atoms with Crippen molar-refractivity contribution in [1.82, 2.24) is 0 Å². The third kappa shape index (κ3) is 3.68. The molecular weight excluding hydrogens is 380 g/mol. The minimum Gasteiger partial charge on any atom is -0.389 e. The van der Waals surface area contributed by atoms with E-state index in [1.54, 1.807) is 5.57 Å². The van der Waals surface area contributed by atoms with Crippen molar-refractivity contribution in [3.63, 3.8) is 0 Å². The van der Waals surface area contributed by atoms with Gasteiger partial charge < -0.3 is 10.2 Å². The molecule has 0 aliphatic heterocycles. The molecule has 0 saturated heterocycles. The average molecular weight is 429 g/mol. The topological polar surface area (TPSA) is 40.5 Å². The predicted molar refractivity (Wildman–Crippen MR) is 130 cm³/mol. The summed E-state index contributed by atoms with van der Waals surface area (Å²) in [7, 11) is 0. The third-order valence-electron chi connectivity index (χ3n) is 11.0. The molecule has 0 spiro atoms. The molecule has 4 aliphatic carbocycles. The molecule has 4 rings (SSSR count). The first-order valence-corrected chi connectivity index (χ1v) is 13.3. The maximum atomic E-state index is 11.4. The summed E-state index contributed by atoms with van der Waals surface area (Å²) >= 11 is 0. The highest BCUT2D eigenvalue weighted by molar-refractivity contribution is 5.39. The molecule has 2 heteroatoms. The van der Waals surface area contributed by atoms with Crippen LogP contribution in [0.25, 0.3) is 0 Å². The molecule has 9 atom stereocenters. The van der Waals surface area contributed by atoms with Crippen LogP contribution < -0.4 is 0 Å². The summed E-state index contributed by atoms with van der Waals surface area (Å²) in [6.45, 7) is 18.9. The van der Waals surface area contributed by atoms with E-state index in [0.29, 0.717) is 5.92 Å². The largest absolute Gasteiger partial charge is 0.389 e. The Labute approximate surface area is 191 Å². The Morgan fingerprint density at radius 1 is 0.935 bits per heavy atom. The quantitative estimate of drug-likeness (QED) is 0.467. The van der Waals surface area contributed by atoms with Gasteiger partial charge in [0, 0.05) is 0 Å². The highest BCUT2D eigenvalue weighted by Gasteiger charge is 2.58. The summed E-state index contributed by atoms with van der Waals surface area (Å²) in [6.07, 6.45) is 9.61. The molecule has 2 N–H and O–H groups in total. The van der Waals surface area contributed by atoms with Crippen LogP contribution in [0.5, 0.6) is 0 Å². The van der Waals surface area contributed by atoms with E-state index in [4.69, 9.17) is 0 Å². The molecule has 2 nitrogen and oxygen atoms in total. The Kier molecular flexibility index (Phi) is 6.32. The van der Waals surface area contributed by atoms with Gasteiger partial charge in [0.15, 0.2) is 0 Å². The van der Waals surface area contributed by atoms with E-state index < -0.39 is 0 Å². The first-order chi connectivity index (χ1) is 14.5. The molecule has 4 aliphatic rings. The smallest absolute Gasteiger partial charge is 0.0761 e. The van der Waals surface area contributed by atoms with Crippen LogP contribution in [0, 0.1) is 46.3 Å². The van der Waals surface area contributed by atoms with Crippen LogP contribution in [0.1, 0.15) is 99.3 Å². The van der Waals surface area contributed by atoms with Crippen LogP contribution >= 0.6 is 0 Å². The normalized spacial score (nSPS) is 44.7. The van der Waals surface area contributed by atoms with Gasteiger partial charge >= 0.3 is 0 Å². The van der Waals surface area contributed by atoms with Gasteiger partial charge in [0.1, 0.15) is 0 Å². The highest BCUT2D eigenvalue weighted by Crippen LogP contribution is 2.66. The fourth-order valence-corrected chi connectivity index (χ4v) is 8.49. The van der Waals surface area contributed by atoms with Crippen molar-refractivity contribution in [3.8, 4) is 0 Å². The van der Waals surface area contributed by atoms with Gasteiger partial charge in [0.25, 0.3) is 0 Å². The zero-order chi connectivity index (χ0) is 22.7. The number of aliphatic hydroxyl groups excluding tert-OH is 2. The lowest BCUT2D eigenvalue weighted by molar-refractivity contribution is -0.0327. The van der Waals surface area contributed by atoms with E-state index in [0.717, 1.165) is 48.5 Å². The molecule has 0 amide bonds. The summed E-state index contributed by atoms with van der Waals surface area (Å²) in [4.78, 5) is 0. The Hall–Kier alpha value is -0.600. The Morgan fingerprint density at radius 3 is 2.32 bits per heavy atom. The summed E-state index contributed by atoms with van der Waals surface area (Å²) in [5.41, 5.74) is 4.50. The molecule has 0 aromatic rings. The number of rotatable bonds is 5. The van der Waals surface area contributed by atoms with Crippen LogP contribution in [0.15, 0.2) is 23.3 Å². The van der Waals surface area contributed by atoms with E-state index in [2.05, 4.69) is 48.1 Å². The second-order valence-corrected chi connectivity index (χ2v) is 12.8. The zero-order valence-electron chi connectivity index (χ0n) is 21.1. The minimum atomic E-state index is -0.377. The van der Waals surface area contributed by atoms with Crippen molar-refractivity contribution < 1.29 is 10.2 Å². The van der Waals surface area contributed by atoms with E-state index in [1.165, 1.54) is 44.1 Å². The first-order valence-electron chi connectivity index (χ1n) is 13.3. The lowest BCUT2D eigenvalue weighted by Gasteiger charge is -2.58. The van der Waals surface area contributed by atoms with Gasteiger partial charge in [-0.15, -0.1) is 0 Å². The number of aliphatic hydroxyl groups is 2. The van der Waals surface area contributed by atoms with Crippen molar-refractivity contribution in [3.05, 3.63) is 23.3 Å². The molecule has 3 saturated carbocycles. The minimum absolute atomic E-state index is 0.162. The summed E-state index contributed by atoms with van der Waals surface area (Å²) in [5, 5.41) is 21.8. The summed E-state index contributed by atoms with van der Waals surface area (Å²) < 4.78 is 0. The van der Waals surface area contributed by atoms with E-state index in [1.807, 2.05) is 0 Å². The first kappa shape index (κ1) is 23.6. The van der Waals surface area contributed by atoms with Gasteiger partial charge in [-0.05, 0) is 102 Å². The molecule has 3 fully saturated rings. The van der Waals surface area contributed by atoms with Crippen LogP contribution in [-0.4, -0.2) is 22.4 Å². The van der Waals surface area contributed by atoms with Crippen LogP contribution in [0.4, 0.5) is 0 Å². The monoisotopic (exact) mass is 428 g/mol. The molecule has 31 heavy (non-hydrogen) atoms. The van der Waals surface area contributed by atoms with Crippen molar-refractivity contribution in [2.75, 3.05) is 0 Å². The van der Waals surface area contributed by atoms with Crippen molar-refractivity contribution in [2.45, 2.75) is 112 Å². The average Bonchev–Trinajstić information content (AvgIpc) is 3.07. The maximum absolute atomic E-state index is 11.4. The Bertz CT molecular complexity index is 735. The number of hydrogen-bond acceptors (Lipinski definition) is 2. The second kappa shape index (κ2) is 8.32. The van der Waals surface area contributed by atoms with E-state index in [9.17, 15) is 10.2 Å². The SMILES string of the molecule is C=C1C2C[C@@H](O)C3=C4CC[C@H]([C@H](C)CC[C@@H](C)C(C)C)[C@@]4(C)CCC3[C@@]2(C)CC[C@@H]1O. The van der Waals surface area contributed by atoms with Gasteiger partial charge in [-0.2, -0.15) is 0 Å². The number of allylic oxidation sites excluding steroid dienone is 1. The molecule has 0 aromatic heterocycles. The van der Waals surface area contributed by atoms with E-state index >= 15 is 0 Å².